The summed E-state index contributed by atoms with van der Waals surface area (Å²) in [4.78, 5) is 22.4. The Hall–Kier alpha value is -0.870. The van der Waals surface area contributed by atoms with Crippen molar-refractivity contribution in [2.45, 2.75) is 20.3 Å². The number of benzene rings is 1. The molecule has 0 aliphatic heterocycles. The van der Waals surface area contributed by atoms with E-state index in [4.69, 9.17) is 15.9 Å². The summed E-state index contributed by atoms with van der Waals surface area (Å²) in [5, 5.41) is 28.3. The van der Waals surface area contributed by atoms with Gasteiger partial charge in [-0.05, 0) is 41.2 Å². The average molecular weight is 395 g/mol. The molecular formula is C17H23N3Na2O5. The van der Waals surface area contributed by atoms with Crippen molar-refractivity contribution in [3.05, 3.63) is 41.0 Å². The fraction of sp³-hybridized carbons (Fsp3) is 0.353. The molecule has 0 aliphatic rings. The minimum absolute atomic E-state index is 0. The Bertz CT molecular complexity index is 619. The molecule has 5 N–H and O–H groups in total. The van der Waals surface area contributed by atoms with Gasteiger partial charge in [0.05, 0.1) is 18.3 Å². The Labute approximate surface area is 203 Å². The molecule has 0 heterocycles. The number of aliphatic carboxylic acids is 2. The molecule has 0 fully saturated rings. The van der Waals surface area contributed by atoms with Gasteiger partial charge in [-0.1, -0.05) is 26.0 Å². The Balaban J connectivity index is -0.00000108. The number of carboxylic acids is 2. The van der Waals surface area contributed by atoms with E-state index in [0.29, 0.717) is 24.5 Å². The predicted octanol–water partition coefficient (Wildman–Crippen LogP) is -7.42. The van der Waals surface area contributed by atoms with Crippen LogP contribution in [0.2, 0.25) is 0 Å². The van der Waals surface area contributed by atoms with Gasteiger partial charge >= 0.3 is 59.1 Å². The molecule has 0 bridgehead atoms. The fourth-order valence-electron chi connectivity index (χ4n) is 2.07. The summed E-state index contributed by atoms with van der Waals surface area (Å²) in [6, 6.07) is 6.68. The monoisotopic (exact) mass is 395 g/mol. The topological polar surface area (TPSA) is 165 Å². The van der Waals surface area contributed by atoms with Crippen molar-refractivity contribution >= 4 is 18.3 Å². The van der Waals surface area contributed by atoms with Crippen LogP contribution in [0.5, 0.6) is 5.75 Å². The van der Waals surface area contributed by atoms with Crippen LogP contribution in [0.4, 0.5) is 0 Å². The summed E-state index contributed by atoms with van der Waals surface area (Å²) in [6.45, 7) is 3.96. The van der Waals surface area contributed by atoms with E-state index in [1.807, 2.05) is 0 Å². The number of ether oxygens (including phenoxy) is 1. The number of carbonyl (C=O) groups is 2. The van der Waals surface area contributed by atoms with Gasteiger partial charge in [0.1, 0.15) is 12.4 Å². The molecule has 0 atom stereocenters. The van der Waals surface area contributed by atoms with Gasteiger partial charge in [0.15, 0.2) is 0 Å². The second-order valence-corrected chi connectivity index (χ2v) is 5.25. The normalized spacial score (nSPS) is 10.2. The van der Waals surface area contributed by atoms with Crippen molar-refractivity contribution < 1.29 is 83.7 Å². The number of nitrogens with one attached hydrogen (secondary N) is 1. The smallest absolute Gasteiger partial charge is 0.545 e. The van der Waals surface area contributed by atoms with Crippen molar-refractivity contribution in [1.82, 2.24) is 0 Å². The molecule has 138 valence electrons. The van der Waals surface area contributed by atoms with E-state index in [9.17, 15) is 19.8 Å². The zero-order chi connectivity index (χ0) is 19.4. The van der Waals surface area contributed by atoms with E-state index >= 15 is 0 Å². The van der Waals surface area contributed by atoms with Crippen LogP contribution < -0.4 is 85.5 Å². The fourth-order valence-corrected chi connectivity index (χ4v) is 2.07. The quantitative estimate of drug-likeness (QED) is 0.170. The molecular weight excluding hydrogens is 372 g/mol. The maximum absolute atomic E-state index is 11.3. The van der Waals surface area contributed by atoms with Crippen LogP contribution in [0.3, 0.4) is 0 Å². The molecule has 0 unspecified atom stereocenters. The molecule has 10 heteroatoms. The van der Waals surface area contributed by atoms with Crippen LogP contribution in [0.25, 0.3) is 0 Å². The summed E-state index contributed by atoms with van der Waals surface area (Å²) >= 11 is 0. The molecule has 0 saturated carbocycles. The summed E-state index contributed by atoms with van der Waals surface area (Å²) < 4.78 is 5.32. The molecule has 0 radical (unpaired) electrons. The number of carboxylic acid groups (broad SMARTS) is 2. The van der Waals surface area contributed by atoms with E-state index < -0.39 is 17.9 Å². The average Bonchev–Trinajstić information content (AvgIpc) is 2.53. The molecule has 0 spiro atoms. The van der Waals surface area contributed by atoms with Gasteiger partial charge in [0.25, 0.3) is 0 Å². The largest absolute Gasteiger partial charge is 1.00 e. The van der Waals surface area contributed by atoms with E-state index in [0.717, 1.165) is 6.34 Å². The first-order valence-electron chi connectivity index (χ1n) is 7.56. The number of hydrogen-bond acceptors (Lipinski definition) is 7. The van der Waals surface area contributed by atoms with Gasteiger partial charge in [-0.3, -0.25) is 5.41 Å². The zero-order valence-electron chi connectivity index (χ0n) is 16.3. The first-order chi connectivity index (χ1) is 11.8. The van der Waals surface area contributed by atoms with Crippen LogP contribution in [-0.2, 0) is 16.0 Å². The zero-order valence-corrected chi connectivity index (χ0v) is 20.3. The Morgan fingerprint density at radius 3 is 1.96 bits per heavy atom. The van der Waals surface area contributed by atoms with Crippen LogP contribution >= 0.6 is 0 Å². The molecule has 0 aromatic heterocycles. The number of hydrogen-bond donors (Lipinski definition) is 3. The molecule has 0 saturated heterocycles. The Kier molecular flexibility index (Phi) is 19.7. The summed E-state index contributed by atoms with van der Waals surface area (Å²) in [5.41, 5.74) is 9.84. The van der Waals surface area contributed by atoms with Gasteiger partial charge in [-0.25, -0.2) is 0 Å². The van der Waals surface area contributed by atoms with Crippen molar-refractivity contribution in [3.8, 4) is 5.75 Å². The molecule has 0 aliphatic carbocycles. The van der Waals surface area contributed by atoms with E-state index in [1.54, 1.807) is 38.1 Å². The van der Waals surface area contributed by atoms with Crippen LogP contribution in [0.15, 0.2) is 35.4 Å². The maximum Gasteiger partial charge on any atom is 1.00 e. The second-order valence-electron chi connectivity index (χ2n) is 5.25. The number of nitrogens with two attached hydrogens (primary N) is 2. The maximum atomic E-state index is 11.3. The second kappa shape index (κ2) is 17.2. The SMILES string of the molecule is CC(C)/C(C(=O)[O-])=C(\Cc1ccc(OCCN)cc1)C(=O)[O-].N=CN.[Na+].[Na+]. The molecule has 1 aromatic rings. The van der Waals surface area contributed by atoms with Gasteiger partial charge in [0.2, 0.25) is 0 Å². The molecule has 8 nitrogen and oxygen atoms in total. The molecule has 0 amide bonds. The summed E-state index contributed by atoms with van der Waals surface area (Å²) in [5.74, 6) is -2.87. The minimum atomic E-state index is -1.50. The van der Waals surface area contributed by atoms with Crippen molar-refractivity contribution in [1.29, 1.82) is 5.41 Å². The number of rotatable bonds is 8. The standard InChI is InChI=1S/C16H21NO5.CH4N2.2Na/c1-10(2)14(16(20)21)13(15(18)19)9-11-3-5-12(6-4-11)22-8-7-17;2-1-3;;/h3-6,10H,7-9,17H2,1-2H3,(H,18,19)(H,20,21);1H,(H3,2,3);;/q;;2*+1/p-2/b14-13-;;;. The first kappa shape index (κ1) is 30.8. The number of carbonyl (C=O) groups excluding carboxylic acids is 2. The Morgan fingerprint density at radius 1 is 1.15 bits per heavy atom. The van der Waals surface area contributed by atoms with Crippen LogP contribution in [-0.4, -0.2) is 31.4 Å². The van der Waals surface area contributed by atoms with Crippen molar-refractivity contribution in [2.24, 2.45) is 17.4 Å². The van der Waals surface area contributed by atoms with E-state index in [2.05, 4.69) is 5.73 Å². The minimum Gasteiger partial charge on any atom is -0.545 e. The van der Waals surface area contributed by atoms with E-state index in [-0.39, 0.29) is 76.7 Å². The predicted molar refractivity (Wildman–Crippen MR) is 89.5 cm³/mol. The third kappa shape index (κ3) is 12.2. The van der Waals surface area contributed by atoms with Gasteiger partial charge < -0.3 is 36.0 Å². The van der Waals surface area contributed by atoms with Crippen molar-refractivity contribution in [2.75, 3.05) is 13.2 Å². The summed E-state index contributed by atoms with van der Waals surface area (Å²) in [6.07, 6.45) is 0.695. The molecule has 1 aromatic carbocycles. The molecule has 1 rings (SSSR count). The van der Waals surface area contributed by atoms with E-state index in [1.165, 1.54) is 0 Å². The first-order valence-corrected chi connectivity index (χ1v) is 7.56. The van der Waals surface area contributed by atoms with Gasteiger partial charge in [-0.15, -0.1) is 0 Å². The van der Waals surface area contributed by atoms with Crippen molar-refractivity contribution in [3.63, 3.8) is 0 Å². The third-order valence-corrected chi connectivity index (χ3v) is 3.06. The Morgan fingerprint density at radius 2 is 1.63 bits per heavy atom. The molecule has 27 heavy (non-hydrogen) atoms. The van der Waals surface area contributed by atoms with Gasteiger partial charge in [0, 0.05) is 6.54 Å². The van der Waals surface area contributed by atoms with Crippen LogP contribution in [0.1, 0.15) is 19.4 Å². The van der Waals surface area contributed by atoms with Gasteiger partial charge in [-0.2, -0.15) is 0 Å². The third-order valence-electron chi connectivity index (χ3n) is 3.06. The summed E-state index contributed by atoms with van der Waals surface area (Å²) in [7, 11) is 0. The van der Waals surface area contributed by atoms with Crippen LogP contribution in [0, 0.1) is 11.3 Å².